The molecule has 0 atom stereocenters. The second-order valence-electron chi connectivity index (χ2n) is 6.41. The standard InChI is InChI=1S/C21H18Cl2N4O2S/c1-28-15-5-6-18(29-2)19(10-15)30-21-25-17-11-24-12-27(20(17)26-21)8-7-13-3-4-14(22)9-16(13)23/h3-6,9-12H,7-8H2,1-2H3. The molecule has 0 saturated heterocycles. The molecule has 9 heteroatoms. The average Bonchev–Trinajstić information content (AvgIpc) is 3.16. The summed E-state index contributed by atoms with van der Waals surface area (Å²) in [5.41, 5.74) is 1.74. The number of fused-ring (bicyclic) bond motifs is 1. The molecule has 2 aliphatic rings. The maximum Gasteiger partial charge on any atom is 0.195 e. The van der Waals surface area contributed by atoms with Crippen molar-refractivity contribution in [3.63, 3.8) is 0 Å². The summed E-state index contributed by atoms with van der Waals surface area (Å²) in [5.74, 6) is 2.24. The van der Waals surface area contributed by atoms with Gasteiger partial charge in [0.15, 0.2) is 11.0 Å². The lowest BCUT2D eigenvalue weighted by atomic mass is 10.1. The van der Waals surface area contributed by atoms with E-state index in [1.165, 1.54) is 11.8 Å². The zero-order valence-corrected chi connectivity index (χ0v) is 18.6. The zero-order valence-electron chi connectivity index (χ0n) is 16.3. The highest BCUT2D eigenvalue weighted by Crippen LogP contribution is 2.37. The molecule has 0 spiro atoms. The molecule has 0 bridgehead atoms. The number of methoxy groups -OCH3 is 2. The van der Waals surface area contributed by atoms with Gasteiger partial charge >= 0.3 is 0 Å². The summed E-state index contributed by atoms with van der Waals surface area (Å²) in [7, 11) is 3.26. The normalized spacial score (nSPS) is 11.1. The van der Waals surface area contributed by atoms with E-state index in [0.717, 1.165) is 39.9 Å². The number of aryl methyl sites for hydroxylation is 2. The van der Waals surface area contributed by atoms with Gasteiger partial charge in [0.25, 0.3) is 0 Å². The first-order valence-corrected chi connectivity index (χ1v) is 10.7. The van der Waals surface area contributed by atoms with Crippen molar-refractivity contribution < 1.29 is 9.47 Å². The number of nitrogens with zero attached hydrogens (tertiary/aromatic N) is 4. The van der Waals surface area contributed by atoms with E-state index in [1.54, 1.807) is 32.8 Å². The smallest absolute Gasteiger partial charge is 0.195 e. The molecule has 154 valence electrons. The number of halogens is 2. The first kappa shape index (κ1) is 20.8. The van der Waals surface area contributed by atoms with Gasteiger partial charge in [-0.2, -0.15) is 0 Å². The van der Waals surface area contributed by atoms with Crippen molar-refractivity contribution in [2.24, 2.45) is 0 Å². The van der Waals surface area contributed by atoms with Crippen LogP contribution in [0.1, 0.15) is 5.56 Å². The summed E-state index contributed by atoms with van der Waals surface area (Å²) in [6.07, 6.45) is 4.18. The average molecular weight is 461 g/mol. The van der Waals surface area contributed by atoms with Crippen LogP contribution in [-0.2, 0) is 13.0 Å². The number of imidazole rings is 1. The van der Waals surface area contributed by atoms with E-state index in [4.69, 9.17) is 37.7 Å². The van der Waals surface area contributed by atoms with Crippen molar-refractivity contribution >= 4 is 35.0 Å². The molecule has 0 aliphatic carbocycles. The first-order chi connectivity index (χ1) is 14.6. The van der Waals surface area contributed by atoms with Gasteiger partial charge in [-0.05, 0) is 54.1 Å². The van der Waals surface area contributed by atoms with E-state index in [0.29, 0.717) is 21.7 Å². The maximum absolute atomic E-state index is 6.30. The second-order valence-corrected chi connectivity index (χ2v) is 8.26. The Morgan fingerprint density at radius 3 is 2.67 bits per heavy atom. The lowest BCUT2D eigenvalue weighted by Crippen LogP contribution is -2.07. The molecule has 0 aromatic heterocycles. The van der Waals surface area contributed by atoms with Crippen LogP contribution in [0.25, 0.3) is 11.5 Å². The highest BCUT2D eigenvalue weighted by molar-refractivity contribution is 7.99. The number of hydrogen-bond acceptors (Lipinski definition) is 6. The molecule has 2 heterocycles. The van der Waals surface area contributed by atoms with Crippen LogP contribution in [0.4, 0.5) is 0 Å². The largest absolute Gasteiger partial charge is 0.497 e. The van der Waals surface area contributed by atoms with Gasteiger partial charge < -0.3 is 14.0 Å². The van der Waals surface area contributed by atoms with Gasteiger partial charge in [-0.1, -0.05) is 29.3 Å². The number of ether oxygens (including phenoxy) is 2. The summed E-state index contributed by atoms with van der Waals surface area (Å²) >= 11 is 13.7. The molecule has 30 heavy (non-hydrogen) atoms. The van der Waals surface area contributed by atoms with E-state index in [9.17, 15) is 0 Å². The third-order valence-corrected chi connectivity index (χ3v) is 6.02. The zero-order chi connectivity index (χ0) is 21.1. The molecule has 2 aromatic carbocycles. The topological polar surface area (TPSA) is 62.1 Å². The summed E-state index contributed by atoms with van der Waals surface area (Å²) in [6.45, 7) is 0.664. The molecular formula is C21H18Cl2N4O2S. The van der Waals surface area contributed by atoms with Crippen LogP contribution >= 0.6 is 35.0 Å². The molecule has 0 unspecified atom stereocenters. The molecule has 0 amide bonds. The Balaban J connectivity index is 1.58. The Morgan fingerprint density at radius 1 is 1.03 bits per heavy atom. The minimum atomic E-state index is 0.614. The highest BCUT2D eigenvalue weighted by Gasteiger charge is 2.17. The van der Waals surface area contributed by atoms with Crippen molar-refractivity contribution in [1.29, 1.82) is 0 Å². The van der Waals surface area contributed by atoms with Gasteiger partial charge in [-0.3, -0.25) is 0 Å². The summed E-state index contributed by atoms with van der Waals surface area (Å²) in [5, 5.41) is 1.89. The third kappa shape index (κ3) is 4.48. The van der Waals surface area contributed by atoms with Gasteiger partial charge in [-0.25, -0.2) is 15.0 Å². The quantitative estimate of drug-likeness (QED) is 0.363. The van der Waals surface area contributed by atoms with Crippen LogP contribution in [0.5, 0.6) is 11.5 Å². The van der Waals surface area contributed by atoms with Crippen LogP contribution in [0, 0.1) is 0 Å². The van der Waals surface area contributed by atoms with Crippen molar-refractivity contribution in [2.75, 3.05) is 14.2 Å². The van der Waals surface area contributed by atoms with Crippen LogP contribution in [0.3, 0.4) is 0 Å². The van der Waals surface area contributed by atoms with Gasteiger partial charge in [0.1, 0.15) is 17.2 Å². The van der Waals surface area contributed by atoms with E-state index in [-0.39, 0.29) is 0 Å². The Labute approximate surface area is 188 Å². The van der Waals surface area contributed by atoms with Gasteiger partial charge in [0, 0.05) is 16.6 Å². The van der Waals surface area contributed by atoms with Crippen molar-refractivity contribution in [2.45, 2.75) is 23.0 Å². The number of hydrogen-bond donors (Lipinski definition) is 0. The summed E-state index contributed by atoms with van der Waals surface area (Å²) in [4.78, 5) is 14.5. The summed E-state index contributed by atoms with van der Waals surface area (Å²) in [6, 6.07) is 11.1. The van der Waals surface area contributed by atoms with Crippen LogP contribution in [0.15, 0.2) is 59.0 Å². The lowest BCUT2D eigenvalue weighted by molar-refractivity contribution is 0.394. The van der Waals surface area contributed by atoms with Crippen molar-refractivity contribution in [3.05, 3.63) is 64.5 Å². The van der Waals surface area contributed by atoms with E-state index in [1.807, 2.05) is 34.9 Å². The van der Waals surface area contributed by atoms with Crippen molar-refractivity contribution in [1.82, 2.24) is 19.5 Å². The number of aromatic nitrogens is 4. The van der Waals surface area contributed by atoms with Crippen LogP contribution < -0.4 is 9.47 Å². The van der Waals surface area contributed by atoms with E-state index >= 15 is 0 Å². The van der Waals surface area contributed by atoms with Gasteiger partial charge in [-0.15, -0.1) is 0 Å². The number of rotatable bonds is 7. The maximum atomic E-state index is 6.30. The fourth-order valence-corrected chi connectivity index (χ4v) is 4.40. The Morgan fingerprint density at radius 2 is 1.90 bits per heavy atom. The molecular weight excluding hydrogens is 443 g/mol. The second kappa shape index (κ2) is 9.12. The monoisotopic (exact) mass is 460 g/mol. The van der Waals surface area contributed by atoms with Crippen LogP contribution in [-0.4, -0.2) is 33.7 Å². The number of benzene rings is 2. The Kier molecular flexibility index (Phi) is 6.32. The minimum absolute atomic E-state index is 0.614. The predicted molar refractivity (Wildman–Crippen MR) is 118 cm³/mol. The Hall–Kier alpha value is -2.48. The SMILES string of the molecule is COc1ccc(OC)c(Sc2nc3cncn(CCc4ccc(Cl)cc4Cl)c-3n2)c1. The molecule has 4 rings (SSSR count). The molecule has 2 aliphatic heterocycles. The fraction of sp³-hybridized carbons (Fsp3) is 0.190. The highest BCUT2D eigenvalue weighted by atomic mass is 35.5. The van der Waals surface area contributed by atoms with E-state index in [2.05, 4.69) is 9.97 Å². The molecule has 6 nitrogen and oxygen atoms in total. The van der Waals surface area contributed by atoms with Gasteiger partial charge in [0.05, 0.1) is 31.6 Å². The Bertz CT molecular complexity index is 1150. The molecule has 0 N–H and O–H groups in total. The third-order valence-electron chi connectivity index (χ3n) is 4.53. The van der Waals surface area contributed by atoms with E-state index < -0.39 is 0 Å². The lowest BCUT2D eigenvalue weighted by Gasteiger charge is -2.10. The molecule has 2 aromatic rings. The van der Waals surface area contributed by atoms with Gasteiger partial charge in [0.2, 0.25) is 0 Å². The van der Waals surface area contributed by atoms with Crippen LogP contribution in [0.2, 0.25) is 10.0 Å². The molecule has 0 radical (unpaired) electrons. The fourth-order valence-electron chi connectivity index (χ4n) is 3.00. The molecule has 0 saturated carbocycles. The first-order valence-electron chi connectivity index (χ1n) is 9.09. The molecule has 0 fully saturated rings. The summed E-state index contributed by atoms with van der Waals surface area (Å²) < 4.78 is 12.7. The predicted octanol–water partition coefficient (Wildman–Crippen LogP) is 5.50. The minimum Gasteiger partial charge on any atom is -0.497 e. The van der Waals surface area contributed by atoms with Crippen molar-refractivity contribution in [3.8, 4) is 23.0 Å².